The summed E-state index contributed by atoms with van der Waals surface area (Å²) < 4.78 is 5.44. The van der Waals surface area contributed by atoms with E-state index < -0.39 is 6.04 Å². The fraction of sp³-hybridized carbons (Fsp3) is 0.467. The lowest BCUT2D eigenvalue weighted by Gasteiger charge is -2.27. The molecule has 1 saturated heterocycles. The number of hydrogen-bond donors (Lipinski definition) is 1. The number of fused-ring (bicyclic) bond motifs is 1. The maximum Gasteiger partial charge on any atom is 0.255 e. The maximum atomic E-state index is 13.0. The van der Waals surface area contributed by atoms with E-state index >= 15 is 0 Å². The van der Waals surface area contributed by atoms with Crippen LogP contribution in [-0.4, -0.2) is 65.5 Å². The number of amides is 2. The third-order valence-corrected chi connectivity index (χ3v) is 7.82. The summed E-state index contributed by atoms with van der Waals surface area (Å²) in [6, 6.07) is 11.3. The monoisotopic (exact) mass is 517 g/mol. The Balaban J connectivity index is 1.17. The van der Waals surface area contributed by atoms with Crippen LogP contribution < -0.4 is 5.32 Å². The van der Waals surface area contributed by atoms with E-state index in [4.69, 9.17) is 4.74 Å². The Morgan fingerprint density at radius 2 is 1.84 bits per heavy atom. The van der Waals surface area contributed by atoms with Crippen LogP contribution in [0.3, 0.4) is 0 Å². The number of aryl methyl sites for hydroxylation is 1. The van der Waals surface area contributed by atoms with Crippen LogP contribution in [0.5, 0.6) is 0 Å². The number of nitrogens with zero attached hydrogens (tertiary/aromatic N) is 2. The molecule has 8 heteroatoms. The second-order valence-corrected chi connectivity index (χ2v) is 10.6. The van der Waals surface area contributed by atoms with E-state index in [-0.39, 0.29) is 29.8 Å². The van der Waals surface area contributed by atoms with E-state index in [1.807, 2.05) is 18.2 Å². The van der Waals surface area contributed by atoms with E-state index in [0.29, 0.717) is 44.3 Å². The number of ether oxygens (including phenoxy) is 1. The van der Waals surface area contributed by atoms with E-state index in [1.54, 1.807) is 11.0 Å². The Morgan fingerprint density at radius 3 is 2.66 bits per heavy atom. The summed E-state index contributed by atoms with van der Waals surface area (Å²) in [6.45, 7) is 7.05. The molecule has 1 N–H and O–H groups in total. The average molecular weight is 518 g/mol. The molecule has 0 aromatic heterocycles. The van der Waals surface area contributed by atoms with Gasteiger partial charge in [-0.25, -0.2) is 0 Å². The number of carbonyl (C=O) groups excluding carboxylic acids is 4. The first-order valence-electron chi connectivity index (χ1n) is 13.5. The number of Topliss-reactive ketones (excluding diaryl/α,β-unsaturated/α-hetero) is 2. The summed E-state index contributed by atoms with van der Waals surface area (Å²) >= 11 is 0. The summed E-state index contributed by atoms with van der Waals surface area (Å²) in [5, 5.41) is 3.00. The van der Waals surface area contributed by atoms with Crippen molar-refractivity contribution < 1.29 is 23.9 Å². The molecule has 2 fully saturated rings. The molecule has 1 atom stereocenters. The maximum absolute atomic E-state index is 13.0. The van der Waals surface area contributed by atoms with Gasteiger partial charge in [0.1, 0.15) is 5.78 Å². The van der Waals surface area contributed by atoms with Crippen molar-refractivity contribution in [3.05, 3.63) is 69.8 Å². The minimum Gasteiger partial charge on any atom is -0.379 e. The normalized spacial score (nSPS) is 20.4. The summed E-state index contributed by atoms with van der Waals surface area (Å²) in [5.41, 5.74) is 5.80. The molecule has 1 unspecified atom stereocenters. The van der Waals surface area contributed by atoms with Crippen LogP contribution in [0.15, 0.2) is 36.4 Å². The van der Waals surface area contributed by atoms with Gasteiger partial charge in [-0.2, -0.15) is 0 Å². The van der Waals surface area contributed by atoms with Gasteiger partial charge in [-0.05, 0) is 53.6 Å². The van der Waals surface area contributed by atoms with Crippen LogP contribution in [0.4, 0.5) is 0 Å². The largest absolute Gasteiger partial charge is 0.379 e. The summed E-state index contributed by atoms with van der Waals surface area (Å²) in [5.74, 6) is -0.419. The van der Waals surface area contributed by atoms with Crippen LogP contribution in [0.1, 0.15) is 63.9 Å². The minimum absolute atomic E-state index is 0.0429. The molecule has 0 radical (unpaired) electrons. The van der Waals surface area contributed by atoms with Gasteiger partial charge in [0.25, 0.3) is 5.91 Å². The van der Waals surface area contributed by atoms with Crippen LogP contribution in [-0.2, 0) is 45.2 Å². The number of carbonyl (C=O) groups is 4. The van der Waals surface area contributed by atoms with Crippen LogP contribution in [0.2, 0.25) is 0 Å². The van der Waals surface area contributed by atoms with Gasteiger partial charge in [-0.1, -0.05) is 30.3 Å². The number of ketones is 2. The first kappa shape index (κ1) is 26.3. The number of benzene rings is 2. The standard InChI is InChI=1S/C30H35N3O5/c1-20-5-6-21(13-23(20)18-32-9-11-38-12-10-32)15-29(36)31-17-22-7-8-26-24(14-22)19-33(30(26)37)27-4-2-3-25(34)16-28(27)35/h5-8,13-14,27H,2-4,9-12,15-19H2,1H3,(H,31,36). The predicted octanol–water partition coefficient (Wildman–Crippen LogP) is 2.72. The molecular formula is C30H35N3O5. The van der Waals surface area contributed by atoms with E-state index in [9.17, 15) is 19.2 Å². The van der Waals surface area contributed by atoms with E-state index in [2.05, 4.69) is 29.3 Å². The van der Waals surface area contributed by atoms with E-state index in [1.165, 1.54) is 11.1 Å². The highest BCUT2D eigenvalue weighted by Crippen LogP contribution is 2.29. The molecule has 2 aliphatic heterocycles. The number of morpholine rings is 1. The molecule has 8 nitrogen and oxygen atoms in total. The molecule has 2 heterocycles. The third-order valence-electron chi connectivity index (χ3n) is 7.82. The molecule has 2 amide bonds. The number of rotatable bonds is 7. The molecule has 1 aliphatic carbocycles. The van der Waals surface area contributed by atoms with Crippen molar-refractivity contribution in [3.63, 3.8) is 0 Å². The van der Waals surface area contributed by atoms with Gasteiger partial charge in [-0.15, -0.1) is 0 Å². The van der Waals surface area contributed by atoms with Crippen LogP contribution in [0.25, 0.3) is 0 Å². The van der Waals surface area contributed by atoms with Crippen molar-refractivity contribution in [1.29, 1.82) is 0 Å². The highest BCUT2D eigenvalue weighted by Gasteiger charge is 2.37. The molecule has 0 bridgehead atoms. The Labute approximate surface area is 223 Å². The molecule has 2 aromatic rings. The number of nitrogens with one attached hydrogen (secondary N) is 1. The topological polar surface area (TPSA) is 96.0 Å². The van der Waals surface area contributed by atoms with Crippen LogP contribution >= 0.6 is 0 Å². The Hall–Kier alpha value is -3.36. The van der Waals surface area contributed by atoms with Gasteiger partial charge in [-0.3, -0.25) is 24.1 Å². The SMILES string of the molecule is Cc1ccc(CC(=O)NCc2ccc3c(c2)CN(C2CCCC(=O)CC2=O)C3=O)cc1CN1CCOCC1. The zero-order valence-corrected chi connectivity index (χ0v) is 22.0. The average Bonchev–Trinajstić information content (AvgIpc) is 3.12. The van der Waals surface area contributed by atoms with Crippen molar-refractivity contribution in [1.82, 2.24) is 15.1 Å². The highest BCUT2D eigenvalue weighted by molar-refractivity contribution is 6.06. The molecular weight excluding hydrogens is 482 g/mol. The minimum atomic E-state index is -0.535. The van der Waals surface area contributed by atoms with E-state index in [0.717, 1.165) is 49.5 Å². The van der Waals surface area contributed by atoms with Gasteiger partial charge in [0.2, 0.25) is 5.91 Å². The van der Waals surface area contributed by atoms with Crippen LogP contribution in [0, 0.1) is 6.92 Å². The second-order valence-electron chi connectivity index (χ2n) is 10.6. The third kappa shape index (κ3) is 6.03. The molecule has 0 spiro atoms. The summed E-state index contributed by atoms with van der Waals surface area (Å²) in [7, 11) is 0. The summed E-state index contributed by atoms with van der Waals surface area (Å²) in [4.78, 5) is 54.1. The lowest BCUT2D eigenvalue weighted by Crippen LogP contribution is -2.41. The Morgan fingerprint density at radius 1 is 1.05 bits per heavy atom. The zero-order chi connectivity index (χ0) is 26.6. The van der Waals surface area contributed by atoms with Crippen molar-refractivity contribution in [2.75, 3.05) is 26.3 Å². The Bertz CT molecular complexity index is 1250. The van der Waals surface area contributed by atoms with Crippen molar-refractivity contribution in [3.8, 4) is 0 Å². The molecule has 200 valence electrons. The van der Waals surface area contributed by atoms with Crippen molar-refractivity contribution >= 4 is 23.4 Å². The lowest BCUT2D eigenvalue weighted by molar-refractivity contribution is -0.128. The molecule has 3 aliphatic rings. The first-order chi connectivity index (χ1) is 18.4. The molecule has 5 rings (SSSR count). The lowest BCUT2D eigenvalue weighted by atomic mass is 10.0. The van der Waals surface area contributed by atoms with Gasteiger partial charge < -0.3 is 15.0 Å². The van der Waals surface area contributed by atoms with Crippen molar-refractivity contribution in [2.45, 2.75) is 64.7 Å². The molecule has 1 saturated carbocycles. The first-order valence-corrected chi connectivity index (χ1v) is 13.5. The highest BCUT2D eigenvalue weighted by atomic mass is 16.5. The molecule has 38 heavy (non-hydrogen) atoms. The Kier molecular flexibility index (Phi) is 8.00. The van der Waals surface area contributed by atoms with Crippen molar-refractivity contribution in [2.24, 2.45) is 0 Å². The fourth-order valence-corrected chi connectivity index (χ4v) is 5.60. The molecule has 2 aromatic carbocycles. The second kappa shape index (κ2) is 11.6. The predicted molar refractivity (Wildman–Crippen MR) is 141 cm³/mol. The number of hydrogen-bond acceptors (Lipinski definition) is 6. The van der Waals surface area contributed by atoms with Gasteiger partial charge >= 0.3 is 0 Å². The summed E-state index contributed by atoms with van der Waals surface area (Å²) in [6.07, 6.45) is 1.77. The quantitative estimate of drug-likeness (QED) is 0.448. The zero-order valence-electron chi connectivity index (χ0n) is 22.0. The van der Waals surface area contributed by atoms with Gasteiger partial charge in [0.15, 0.2) is 5.78 Å². The van der Waals surface area contributed by atoms with Gasteiger partial charge in [0.05, 0.1) is 32.1 Å². The fourth-order valence-electron chi connectivity index (χ4n) is 5.60. The van der Waals surface area contributed by atoms with Gasteiger partial charge in [0, 0.05) is 44.7 Å². The smallest absolute Gasteiger partial charge is 0.255 e.